The lowest BCUT2D eigenvalue weighted by atomic mass is 10.2. The van der Waals surface area contributed by atoms with Crippen molar-refractivity contribution >= 4 is 48.6 Å². The molecule has 0 bridgehead atoms. The molecule has 0 aliphatic heterocycles. The Balaban J connectivity index is 3.41. The SMILES string of the molecule is O=Cc1cc(I)cc(S(=O)(=O)Cl)c1. The second kappa shape index (κ2) is 3.93. The van der Waals surface area contributed by atoms with Gasteiger partial charge in [-0.05, 0) is 40.8 Å². The normalized spacial score (nSPS) is 11.2. The van der Waals surface area contributed by atoms with E-state index in [-0.39, 0.29) is 4.90 Å². The van der Waals surface area contributed by atoms with Crippen LogP contribution >= 0.6 is 33.3 Å². The molecule has 0 heterocycles. The van der Waals surface area contributed by atoms with Gasteiger partial charge in [-0.2, -0.15) is 0 Å². The van der Waals surface area contributed by atoms with Crippen molar-refractivity contribution in [3.05, 3.63) is 27.3 Å². The maximum Gasteiger partial charge on any atom is 0.261 e. The number of halogens is 2. The monoisotopic (exact) mass is 330 g/mol. The summed E-state index contributed by atoms with van der Waals surface area (Å²) in [6.07, 6.45) is 0.577. The lowest BCUT2D eigenvalue weighted by molar-refractivity contribution is 0.112. The van der Waals surface area contributed by atoms with Gasteiger partial charge in [0.1, 0.15) is 6.29 Å². The summed E-state index contributed by atoms with van der Waals surface area (Å²) >= 11 is 1.91. The average Bonchev–Trinajstić information content (AvgIpc) is 2.01. The van der Waals surface area contributed by atoms with Gasteiger partial charge in [0.05, 0.1) is 4.90 Å². The fourth-order valence-electron chi connectivity index (χ4n) is 0.793. The third-order valence-corrected chi connectivity index (χ3v) is 3.27. The molecule has 0 aromatic heterocycles. The first kappa shape index (κ1) is 10.9. The van der Waals surface area contributed by atoms with Crippen molar-refractivity contribution in [2.75, 3.05) is 0 Å². The minimum absolute atomic E-state index is 0.0526. The number of carbonyl (C=O) groups excluding carboxylic acids is 1. The Morgan fingerprint density at radius 3 is 2.38 bits per heavy atom. The largest absolute Gasteiger partial charge is 0.298 e. The number of hydrogen-bond donors (Lipinski definition) is 0. The second-order valence-corrected chi connectivity index (χ2v) is 6.09. The summed E-state index contributed by atoms with van der Waals surface area (Å²) in [6.45, 7) is 0. The smallest absolute Gasteiger partial charge is 0.261 e. The standard InChI is InChI=1S/C7H4ClIO3S/c8-13(11,12)7-2-5(4-10)1-6(9)3-7/h1-4H. The van der Waals surface area contributed by atoms with Crippen LogP contribution in [0.1, 0.15) is 10.4 Å². The van der Waals surface area contributed by atoms with Crippen molar-refractivity contribution in [3.8, 4) is 0 Å². The van der Waals surface area contributed by atoms with E-state index in [1.807, 2.05) is 22.6 Å². The van der Waals surface area contributed by atoms with Crippen molar-refractivity contribution in [1.29, 1.82) is 0 Å². The fourth-order valence-corrected chi connectivity index (χ4v) is 2.51. The quantitative estimate of drug-likeness (QED) is 0.474. The summed E-state index contributed by atoms with van der Waals surface area (Å²) in [5.74, 6) is 0. The van der Waals surface area contributed by atoms with E-state index in [0.29, 0.717) is 15.4 Å². The molecule has 1 aromatic rings. The number of hydrogen-bond acceptors (Lipinski definition) is 3. The summed E-state index contributed by atoms with van der Waals surface area (Å²) in [7, 11) is 1.36. The van der Waals surface area contributed by atoms with Gasteiger partial charge in [0.25, 0.3) is 9.05 Å². The zero-order valence-corrected chi connectivity index (χ0v) is 9.93. The van der Waals surface area contributed by atoms with Crippen LogP contribution in [0, 0.1) is 3.57 Å². The first-order chi connectivity index (χ1) is 5.93. The van der Waals surface area contributed by atoms with Crippen LogP contribution in [-0.2, 0) is 9.05 Å². The van der Waals surface area contributed by atoms with Gasteiger partial charge >= 0.3 is 0 Å². The van der Waals surface area contributed by atoms with Crippen LogP contribution in [0.5, 0.6) is 0 Å². The van der Waals surface area contributed by atoms with E-state index in [4.69, 9.17) is 10.7 Å². The maximum atomic E-state index is 10.9. The molecule has 0 N–H and O–H groups in total. The average molecular weight is 331 g/mol. The van der Waals surface area contributed by atoms with E-state index in [2.05, 4.69) is 0 Å². The molecule has 1 rings (SSSR count). The Bertz CT molecular complexity index is 441. The van der Waals surface area contributed by atoms with Gasteiger partial charge in [-0.1, -0.05) is 0 Å². The van der Waals surface area contributed by atoms with E-state index >= 15 is 0 Å². The van der Waals surface area contributed by atoms with Gasteiger partial charge in [-0.25, -0.2) is 8.42 Å². The molecule has 0 fully saturated rings. The molecule has 0 aliphatic rings. The molecule has 0 saturated heterocycles. The highest BCUT2D eigenvalue weighted by Gasteiger charge is 2.11. The molecule has 13 heavy (non-hydrogen) atoms. The number of rotatable bonds is 2. The molecule has 1 aromatic carbocycles. The van der Waals surface area contributed by atoms with Crippen LogP contribution in [0.25, 0.3) is 0 Å². The first-order valence-corrected chi connectivity index (χ1v) is 6.53. The third-order valence-electron chi connectivity index (χ3n) is 1.31. The summed E-state index contributed by atoms with van der Waals surface area (Å²) in [4.78, 5) is 10.3. The van der Waals surface area contributed by atoms with Crippen LogP contribution in [0.2, 0.25) is 0 Å². The number of benzene rings is 1. The molecule has 0 atom stereocenters. The lowest BCUT2D eigenvalue weighted by Gasteiger charge is -1.98. The van der Waals surface area contributed by atoms with Crippen molar-refractivity contribution in [1.82, 2.24) is 0 Å². The molecule has 0 amide bonds. The molecule has 0 radical (unpaired) electrons. The second-order valence-electron chi connectivity index (χ2n) is 2.28. The molecule has 0 unspecified atom stereocenters. The maximum absolute atomic E-state index is 10.9. The highest BCUT2D eigenvalue weighted by molar-refractivity contribution is 14.1. The van der Waals surface area contributed by atoms with Crippen molar-refractivity contribution in [3.63, 3.8) is 0 Å². The van der Waals surface area contributed by atoms with Crippen LogP contribution in [0.15, 0.2) is 23.1 Å². The van der Waals surface area contributed by atoms with Gasteiger partial charge in [0, 0.05) is 19.8 Å². The Kier molecular flexibility index (Phi) is 3.31. The summed E-state index contributed by atoms with van der Waals surface area (Å²) < 4.78 is 22.5. The van der Waals surface area contributed by atoms with Crippen LogP contribution < -0.4 is 0 Å². The van der Waals surface area contributed by atoms with Gasteiger partial charge in [0.15, 0.2) is 0 Å². The van der Waals surface area contributed by atoms with Gasteiger partial charge in [-0.3, -0.25) is 4.79 Å². The van der Waals surface area contributed by atoms with E-state index in [1.54, 1.807) is 6.07 Å². The molecule has 0 aliphatic carbocycles. The topological polar surface area (TPSA) is 51.2 Å². The van der Waals surface area contributed by atoms with Gasteiger partial charge in [-0.15, -0.1) is 0 Å². The Morgan fingerprint density at radius 1 is 1.31 bits per heavy atom. The van der Waals surface area contributed by atoms with E-state index in [1.165, 1.54) is 12.1 Å². The molecule has 0 saturated carbocycles. The molecular weight excluding hydrogens is 326 g/mol. The van der Waals surface area contributed by atoms with E-state index in [9.17, 15) is 13.2 Å². The van der Waals surface area contributed by atoms with Crippen LogP contribution in [0.3, 0.4) is 0 Å². The molecule has 70 valence electrons. The highest BCUT2D eigenvalue weighted by atomic mass is 127. The zero-order valence-electron chi connectivity index (χ0n) is 6.20. The highest BCUT2D eigenvalue weighted by Crippen LogP contribution is 2.19. The van der Waals surface area contributed by atoms with Gasteiger partial charge < -0.3 is 0 Å². The summed E-state index contributed by atoms with van der Waals surface area (Å²) in [5.41, 5.74) is 0.297. The predicted octanol–water partition coefficient (Wildman–Crippen LogP) is 2.03. The predicted molar refractivity (Wildman–Crippen MR) is 57.6 cm³/mol. The summed E-state index contributed by atoms with van der Waals surface area (Å²) in [5, 5.41) is 0. The molecular formula is C7H4ClIO3S. The molecule has 0 spiro atoms. The lowest BCUT2D eigenvalue weighted by Crippen LogP contribution is -1.93. The Labute approximate surface area is 93.7 Å². The minimum Gasteiger partial charge on any atom is -0.298 e. The van der Waals surface area contributed by atoms with Crippen molar-refractivity contribution in [2.45, 2.75) is 4.90 Å². The zero-order chi connectivity index (χ0) is 10.1. The Hall–Kier alpha value is -0.140. The van der Waals surface area contributed by atoms with Crippen LogP contribution in [0.4, 0.5) is 0 Å². The van der Waals surface area contributed by atoms with Crippen molar-refractivity contribution < 1.29 is 13.2 Å². The number of carbonyl (C=O) groups is 1. The van der Waals surface area contributed by atoms with E-state index in [0.717, 1.165) is 0 Å². The third kappa shape index (κ3) is 2.92. The van der Waals surface area contributed by atoms with Crippen LogP contribution in [-0.4, -0.2) is 14.7 Å². The molecule has 3 nitrogen and oxygen atoms in total. The van der Waals surface area contributed by atoms with Gasteiger partial charge in [0.2, 0.25) is 0 Å². The minimum atomic E-state index is -3.75. The fraction of sp³-hybridized carbons (Fsp3) is 0. The van der Waals surface area contributed by atoms with E-state index < -0.39 is 9.05 Å². The van der Waals surface area contributed by atoms with Crippen molar-refractivity contribution in [2.24, 2.45) is 0 Å². The molecule has 6 heteroatoms. The summed E-state index contributed by atoms with van der Waals surface area (Å²) in [6, 6.07) is 4.20. The number of aldehydes is 1. The Morgan fingerprint density at radius 2 is 1.92 bits per heavy atom. The first-order valence-electron chi connectivity index (χ1n) is 3.14.